The number of hydrogen-bond acceptors (Lipinski definition) is 2. The van der Waals surface area contributed by atoms with Crippen LogP contribution in [-0.4, -0.2) is 15.0 Å². The van der Waals surface area contributed by atoms with Gasteiger partial charge in [0.25, 0.3) is 0 Å². The Hall–Kier alpha value is -3.03. The van der Waals surface area contributed by atoms with Gasteiger partial charge in [-0.05, 0) is 24.3 Å². The van der Waals surface area contributed by atoms with Crippen LogP contribution in [0.4, 0.5) is 18.9 Å². The van der Waals surface area contributed by atoms with Crippen LogP contribution in [-0.2, 0) is 18.4 Å². The van der Waals surface area contributed by atoms with E-state index in [9.17, 15) is 22.8 Å². The highest BCUT2D eigenvalue weighted by Crippen LogP contribution is 2.19. The topological polar surface area (TPSA) is 56.0 Å². The number of hydrogen-bond donors (Lipinski definition) is 1. The molecule has 3 aromatic rings. The number of imidazole rings is 1. The number of aryl methyl sites for hydroxylation is 1. The summed E-state index contributed by atoms with van der Waals surface area (Å²) >= 11 is 0. The van der Waals surface area contributed by atoms with E-state index in [0.29, 0.717) is 17.1 Å². The molecule has 0 saturated carbocycles. The first-order chi connectivity index (χ1) is 11.4. The standard InChI is InChI=1S/C16H12F3N3O2/c1-21-11-4-2-3-5-12(11)22(16(21)24)8-13(23)20-10-7-6-9(17)14(18)15(10)19/h2-7H,8H2,1H3,(H,20,23). The summed E-state index contributed by atoms with van der Waals surface area (Å²) in [5.41, 5.74) is 0.254. The van der Waals surface area contributed by atoms with Crippen LogP contribution in [0.3, 0.4) is 0 Å². The van der Waals surface area contributed by atoms with Crippen molar-refractivity contribution in [2.24, 2.45) is 7.05 Å². The van der Waals surface area contributed by atoms with Crippen LogP contribution in [0.5, 0.6) is 0 Å². The molecule has 0 unspecified atom stereocenters. The van der Waals surface area contributed by atoms with E-state index in [2.05, 4.69) is 5.32 Å². The van der Waals surface area contributed by atoms with E-state index < -0.39 is 41.3 Å². The van der Waals surface area contributed by atoms with Crippen molar-refractivity contribution in [3.05, 3.63) is 64.3 Å². The van der Waals surface area contributed by atoms with E-state index in [4.69, 9.17) is 0 Å². The van der Waals surface area contributed by atoms with E-state index in [1.54, 1.807) is 31.3 Å². The largest absolute Gasteiger partial charge is 0.329 e. The van der Waals surface area contributed by atoms with Gasteiger partial charge < -0.3 is 5.32 Å². The summed E-state index contributed by atoms with van der Waals surface area (Å²) in [5, 5.41) is 2.14. The number of benzene rings is 2. The molecule has 0 aliphatic heterocycles. The highest BCUT2D eigenvalue weighted by atomic mass is 19.2. The van der Waals surface area contributed by atoms with Crippen molar-refractivity contribution in [1.82, 2.24) is 9.13 Å². The molecule has 0 fully saturated rings. The predicted molar refractivity (Wildman–Crippen MR) is 82.1 cm³/mol. The van der Waals surface area contributed by atoms with Crippen LogP contribution >= 0.6 is 0 Å². The number of aromatic nitrogens is 2. The van der Waals surface area contributed by atoms with Gasteiger partial charge in [0.1, 0.15) is 6.54 Å². The Kier molecular flexibility index (Phi) is 3.88. The Morgan fingerprint density at radius 2 is 1.71 bits per heavy atom. The molecule has 5 nitrogen and oxygen atoms in total. The van der Waals surface area contributed by atoms with Crippen LogP contribution in [0, 0.1) is 17.5 Å². The number of anilines is 1. The van der Waals surface area contributed by atoms with Gasteiger partial charge in [-0.25, -0.2) is 18.0 Å². The average Bonchev–Trinajstić information content (AvgIpc) is 2.81. The summed E-state index contributed by atoms with van der Waals surface area (Å²) in [7, 11) is 1.56. The molecule has 124 valence electrons. The molecule has 0 aliphatic rings. The molecule has 0 radical (unpaired) electrons. The van der Waals surface area contributed by atoms with Gasteiger partial charge in [0.2, 0.25) is 5.91 Å². The summed E-state index contributed by atoms with van der Waals surface area (Å²) in [6, 6.07) is 8.48. The second-order valence-corrected chi connectivity index (χ2v) is 5.19. The fourth-order valence-corrected chi connectivity index (χ4v) is 2.47. The van der Waals surface area contributed by atoms with Crippen LogP contribution in [0.1, 0.15) is 0 Å². The number of para-hydroxylation sites is 2. The Morgan fingerprint density at radius 1 is 1.04 bits per heavy atom. The maximum atomic E-state index is 13.6. The third-order valence-corrected chi connectivity index (χ3v) is 3.66. The summed E-state index contributed by atoms with van der Waals surface area (Å²) in [6.07, 6.45) is 0. The molecule has 0 atom stereocenters. The van der Waals surface area contributed by atoms with Gasteiger partial charge in [-0.1, -0.05) is 12.1 Å². The Bertz CT molecular complexity index is 1010. The molecule has 0 aliphatic carbocycles. The van der Waals surface area contributed by atoms with Crippen molar-refractivity contribution in [2.75, 3.05) is 5.32 Å². The minimum Gasteiger partial charge on any atom is -0.322 e. The van der Waals surface area contributed by atoms with E-state index >= 15 is 0 Å². The fourth-order valence-electron chi connectivity index (χ4n) is 2.47. The molecule has 3 rings (SSSR count). The molecule has 24 heavy (non-hydrogen) atoms. The fraction of sp³-hybridized carbons (Fsp3) is 0.125. The first-order valence-electron chi connectivity index (χ1n) is 6.97. The molecule has 1 heterocycles. The van der Waals surface area contributed by atoms with Crippen LogP contribution in [0.2, 0.25) is 0 Å². The lowest BCUT2D eigenvalue weighted by Crippen LogP contribution is -2.28. The number of nitrogens with one attached hydrogen (secondary N) is 1. The van der Waals surface area contributed by atoms with Gasteiger partial charge >= 0.3 is 5.69 Å². The summed E-state index contributed by atoms with van der Waals surface area (Å²) < 4.78 is 42.3. The molecule has 1 N–H and O–H groups in total. The van der Waals surface area contributed by atoms with Crippen LogP contribution in [0.15, 0.2) is 41.2 Å². The first kappa shape index (κ1) is 15.9. The number of halogens is 3. The molecule has 0 spiro atoms. The van der Waals surface area contributed by atoms with E-state index in [1.165, 1.54) is 9.13 Å². The third kappa shape index (κ3) is 2.55. The predicted octanol–water partition coefficient (Wildman–Crippen LogP) is 2.40. The average molecular weight is 335 g/mol. The van der Waals surface area contributed by atoms with Gasteiger partial charge in [0.05, 0.1) is 16.7 Å². The van der Waals surface area contributed by atoms with Gasteiger partial charge in [0.15, 0.2) is 17.5 Å². The molecule has 8 heteroatoms. The van der Waals surface area contributed by atoms with Crippen molar-refractivity contribution in [3.8, 4) is 0 Å². The smallest absolute Gasteiger partial charge is 0.322 e. The molecule has 0 bridgehead atoms. The number of carbonyl (C=O) groups is 1. The first-order valence-corrected chi connectivity index (χ1v) is 6.97. The van der Waals surface area contributed by atoms with E-state index in [1.807, 2.05) is 0 Å². The van der Waals surface area contributed by atoms with Crippen molar-refractivity contribution in [2.45, 2.75) is 6.54 Å². The number of nitrogens with zero attached hydrogens (tertiary/aromatic N) is 2. The third-order valence-electron chi connectivity index (χ3n) is 3.66. The lowest BCUT2D eigenvalue weighted by Gasteiger charge is -2.08. The maximum absolute atomic E-state index is 13.6. The molecule has 0 saturated heterocycles. The SMILES string of the molecule is Cn1c(=O)n(CC(=O)Nc2ccc(F)c(F)c2F)c2ccccc21. The maximum Gasteiger partial charge on any atom is 0.329 e. The monoisotopic (exact) mass is 335 g/mol. The van der Waals surface area contributed by atoms with Gasteiger partial charge in [-0.3, -0.25) is 13.9 Å². The number of carbonyl (C=O) groups excluding carboxylic acids is 1. The molecular weight excluding hydrogens is 323 g/mol. The Morgan fingerprint density at radius 3 is 2.42 bits per heavy atom. The normalized spacial score (nSPS) is 11.0. The Labute approximate surface area is 133 Å². The number of amides is 1. The zero-order chi connectivity index (χ0) is 17.4. The summed E-state index contributed by atoms with van der Waals surface area (Å²) in [6.45, 7) is -0.390. The van der Waals surface area contributed by atoms with E-state index in [0.717, 1.165) is 6.07 Å². The zero-order valence-corrected chi connectivity index (χ0v) is 12.5. The van der Waals surface area contributed by atoms with Crippen molar-refractivity contribution in [1.29, 1.82) is 0 Å². The van der Waals surface area contributed by atoms with E-state index in [-0.39, 0.29) is 0 Å². The highest BCUT2D eigenvalue weighted by Gasteiger charge is 2.17. The Balaban J connectivity index is 1.90. The quantitative estimate of drug-likeness (QED) is 0.747. The minimum atomic E-state index is -1.67. The zero-order valence-electron chi connectivity index (χ0n) is 12.5. The number of fused-ring (bicyclic) bond motifs is 1. The van der Waals surface area contributed by atoms with Crippen LogP contribution < -0.4 is 11.0 Å². The minimum absolute atomic E-state index is 0.390. The lowest BCUT2D eigenvalue weighted by atomic mass is 10.2. The second-order valence-electron chi connectivity index (χ2n) is 5.19. The van der Waals surface area contributed by atoms with Crippen molar-refractivity contribution in [3.63, 3.8) is 0 Å². The molecule has 1 amide bonds. The molecule has 2 aromatic carbocycles. The van der Waals surface area contributed by atoms with Crippen molar-refractivity contribution >= 4 is 22.6 Å². The summed E-state index contributed by atoms with van der Waals surface area (Å²) in [5.74, 6) is -5.25. The van der Waals surface area contributed by atoms with Gasteiger partial charge in [0, 0.05) is 7.05 Å². The molecule has 1 aromatic heterocycles. The second kappa shape index (κ2) is 5.88. The molecular formula is C16H12F3N3O2. The van der Waals surface area contributed by atoms with Gasteiger partial charge in [-0.2, -0.15) is 0 Å². The highest BCUT2D eigenvalue weighted by molar-refractivity contribution is 5.91. The van der Waals surface area contributed by atoms with Crippen molar-refractivity contribution < 1.29 is 18.0 Å². The summed E-state index contributed by atoms with van der Waals surface area (Å²) in [4.78, 5) is 24.3. The lowest BCUT2D eigenvalue weighted by molar-refractivity contribution is -0.116. The number of rotatable bonds is 3. The van der Waals surface area contributed by atoms with Gasteiger partial charge in [-0.15, -0.1) is 0 Å². The van der Waals surface area contributed by atoms with Crippen LogP contribution in [0.25, 0.3) is 11.0 Å².